The van der Waals surface area contributed by atoms with E-state index in [-0.39, 0.29) is 10.6 Å². The van der Waals surface area contributed by atoms with Gasteiger partial charge in [0.15, 0.2) is 5.75 Å². The molecule has 37 heavy (non-hydrogen) atoms. The molecule has 1 amide bonds. The molecular formula is C29H34N2O5S. The maximum absolute atomic E-state index is 12.6. The average molecular weight is 523 g/mol. The highest BCUT2D eigenvalue weighted by Gasteiger charge is 2.18. The van der Waals surface area contributed by atoms with Crippen molar-refractivity contribution >= 4 is 22.2 Å². The lowest BCUT2D eigenvalue weighted by atomic mass is 10.1. The number of nitrogens with one attached hydrogen (secondary N) is 1. The molecule has 0 aromatic heterocycles. The Morgan fingerprint density at radius 1 is 0.892 bits per heavy atom. The zero-order valence-corrected chi connectivity index (χ0v) is 22.2. The van der Waals surface area contributed by atoms with Crippen molar-refractivity contribution in [3.63, 3.8) is 0 Å². The predicted octanol–water partition coefficient (Wildman–Crippen LogP) is 6.27. The van der Waals surface area contributed by atoms with Crippen LogP contribution in [0.25, 0.3) is 0 Å². The summed E-state index contributed by atoms with van der Waals surface area (Å²) in [5.74, 6) is 0.423. The van der Waals surface area contributed by atoms with Crippen LogP contribution in [0.3, 0.4) is 0 Å². The van der Waals surface area contributed by atoms with Crippen molar-refractivity contribution in [2.45, 2.75) is 57.3 Å². The molecule has 3 aromatic carbocycles. The number of hydrogen-bond acceptors (Lipinski definition) is 6. The minimum absolute atomic E-state index is 0.0533. The second-order valence-electron chi connectivity index (χ2n) is 8.73. The van der Waals surface area contributed by atoms with E-state index in [2.05, 4.69) is 17.5 Å². The molecule has 0 fully saturated rings. The van der Waals surface area contributed by atoms with Gasteiger partial charge >= 0.3 is 10.1 Å². The molecule has 1 N–H and O–H groups in total. The number of ether oxygens (including phenoxy) is 1. The van der Waals surface area contributed by atoms with Crippen LogP contribution in [0, 0.1) is 6.92 Å². The summed E-state index contributed by atoms with van der Waals surface area (Å²) in [5, 5.41) is 3.98. The third-order valence-electron chi connectivity index (χ3n) is 5.68. The summed E-state index contributed by atoms with van der Waals surface area (Å²) < 4.78 is 36.4. The number of hydrogen-bond donors (Lipinski definition) is 1. The van der Waals surface area contributed by atoms with Crippen LogP contribution in [0.15, 0.2) is 82.8 Å². The predicted molar refractivity (Wildman–Crippen MR) is 146 cm³/mol. The lowest BCUT2D eigenvalue weighted by Crippen LogP contribution is -2.17. The third-order valence-corrected chi connectivity index (χ3v) is 6.93. The molecule has 0 heterocycles. The van der Waals surface area contributed by atoms with Gasteiger partial charge in [0.1, 0.15) is 10.6 Å². The summed E-state index contributed by atoms with van der Waals surface area (Å²) in [7, 11) is -4.02. The van der Waals surface area contributed by atoms with Crippen molar-refractivity contribution in [2.75, 3.05) is 6.61 Å². The van der Waals surface area contributed by atoms with Gasteiger partial charge in [-0.3, -0.25) is 4.79 Å². The summed E-state index contributed by atoms with van der Waals surface area (Å²) in [6.45, 7) is 4.73. The Labute approximate surface area is 219 Å². The number of unbranched alkanes of at least 4 members (excludes halogenated alkanes) is 5. The van der Waals surface area contributed by atoms with Crippen molar-refractivity contribution in [1.82, 2.24) is 5.43 Å². The Morgan fingerprint density at radius 3 is 2.30 bits per heavy atom. The largest absolute Gasteiger partial charge is 0.494 e. The Hall–Kier alpha value is -3.65. The summed E-state index contributed by atoms with van der Waals surface area (Å²) in [5.41, 5.74) is 4.22. The quantitative estimate of drug-likeness (QED) is 0.117. The van der Waals surface area contributed by atoms with Crippen molar-refractivity contribution in [1.29, 1.82) is 0 Å². The van der Waals surface area contributed by atoms with Crippen molar-refractivity contribution < 1.29 is 22.1 Å². The van der Waals surface area contributed by atoms with Crippen molar-refractivity contribution in [3.8, 4) is 11.5 Å². The monoisotopic (exact) mass is 522 g/mol. The van der Waals surface area contributed by atoms with Gasteiger partial charge in [-0.15, -0.1) is 0 Å². The molecule has 0 spiro atoms. The Kier molecular flexibility index (Phi) is 10.7. The number of hydrazone groups is 1. The average Bonchev–Trinajstić information content (AvgIpc) is 2.89. The minimum atomic E-state index is -4.02. The highest BCUT2D eigenvalue weighted by atomic mass is 32.2. The molecule has 0 aliphatic rings. The van der Waals surface area contributed by atoms with Crippen LogP contribution in [-0.4, -0.2) is 27.1 Å². The topological polar surface area (TPSA) is 94.1 Å². The molecule has 0 bridgehead atoms. The lowest BCUT2D eigenvalue weighted by Gasteiger charge is -2.09. The van der Waals surface area contributed by atoms with E-state index in [9.17, 15) is 13.2 Å². The lowest BCUT2D eigenvalue weighted by molar-refractivity contribution is 0.0955. The smallest absolute Gasteiger partial charge is 0.339 e. The van der Waals surface area contributed by atoms with Gasteiger partial charge < -0.3 is 8.92 Å². The van der Waals surface area contributed by atoms with Crippen molar-refractivity contribution in [2.24, 2.45) is 5.10 Å². The van der Waals surface area contributed by atoms with E-state index in [4.69, 9.17) is 8.92 Å². The van der Waals surface area contributed by atoms with E-state index in [1.807, 2.05) is 6.92 Å². The molecule has 8 heteroatoms. The number of amides is 1. The summed E-state index contributed by atoms with van der Waals surface area (Å²) in [6, 6.07) is 19.8. The zero-order valence-electron chi connectivity index (χ0n) is 21.4. The van der Waals surface area contributed by atoms with Gasteiger partial charge in [-0.05, 0) is 61.9 Å². The number of benzene rings is 3. The van der Waals surface area contributed by atoms with E-state index in [0.29, 0.717) is 17.7 Å². The van der Waals surface area contributed by atoms with Crippen molar-refractivity contribution in [3.05, 3.63) is 89.5 Å². The molecule has 0 radical (unpaired) electrons. The second kappa shape index (κ2) is 14.2. The second-order valence-corrected chi connectivity index (χ2v) is 10.3. The fraction of sp³-hybridized carbons (Fsp3) is 0.310. The van der Waals surface area contributed by atoms with Crippen LogP contribution in [0.4, 0.5) is 0 Å². The molecule has 3 rings (SSSR count). The Bertz CT molecular complexity index is 1270. The molecular weight excluding hydrogens is 488 g/mol. The van der Waals surface area contributed by atoms with Crippen LogP contribution in [0.5, 0.6) is 11.5 Å². The first-order valence-electron chi connectivity index (χ1n) is 12.6. The van der Waals surface area contributed by atoms with Gasteiger partial charge in [0.25, 0.3) is 5.91 Å². The molecule has 0 aliphatic heterocycles. The van der Waals surface area contributed by atoms with E-state index >= 15 is 0 Å². The first kappa shape index (κ1) is 27.9. The number of aryl methyl sites for hydroxylation is 1. The molecule has 196 valence electrons. The summed E-state index contributed by atoms with van der Waals surface area (Å²) in [6.07, 6.45) is 8.54. The number of carbonyl (C=O) groups excluding carboxylic acids is 1. The highest BCUT2D eigenvalue weighted by molar-refractivity contribution is 7.87. The normalized spacial score (nSPS) is 11.4. The van der Waals surface area contributed by atoms with E-state index < -0.39 is 16.0 Å². The van der Waals surface area contributed by atoms with E-state index in [1.54, 1.807) is 54.6 Å². The highest BCUT2D eigenvalue weighted by Crippen LogP contribution is 2.22. The first-order valence-corrected chi connectivity index (χ1v) is 14.0. The van der Waals surface area contributed by atoms with Crippen LogP contribution in [0.1, 0.15) is 66.9 Å². The molecule has 0 saturated carbocycles. The number of rotatable bonds is 14. The van der Waals surface area contributed by atoms with Gasteiger partial charge in [-0.25, -0.2) is 5.43 Å². The van der Waals surface area contributed by atoms with Gasteiger partial charge in [0, 0.05) is 11.1 Å². The molecule has 0 unspecified atom stereocenters. The first-order chi connectivity index (χ1) is 17.9. The zero-order chi connectivity index (χ0) is 26.5. The maximum Gasteiger partial charge on any atom is 0.339 e. The van der Waals surface area contributed by atoms with E-state index in [1.165, 1.54) is 50.1 Å². The maximum atomic E-state index is 12.6. The van der Waals surface area contributed by atoms with Gasteiger partial charge in [-0.2, -0.15) is 13.5 Å². The summed E-state index contributed by atoms with van der Waals surface area (Å²) in [4.78, 5) is 12.5. The minimum Gasteiger partial charge on any atom is -0.494 e. The molecule has 0 saturated heterocycles. The Morgan fingerprint density at radius 2 is 1.57 bits per heavy atom. The van der Waals surface area contributed by atoms with Crippen LogP contribution in [-0.2, 0) is 10.1 Å². The third kappa shape index (κ3) is 9.06. The van der Waals surface area contributed by atoms with Gasteiger partial charge in [-0.1, -0.05) is 68.9 Å². The van der Waals surface area contributed by atoms with Gasteiger partial charge in [0.05, 0.1) is 12.8 Å². The standard InChI is InChI=1S/C29H34N2O5S/c1-3-4-5-6-7-10-21-35-26-17-15-24(16-18-26)29(32)31-30-22-25-11-8-9-12-28(25)36-37(33,34)27-19-13-23(2)14-20-27/h8-9,11-20,22H,3-7,10,21H2,1-2H3,(H,31,32)/b30-22-. The summed E-state index contributed by atoms with van der Waals surface area (Å²) >= 11 is 0. The number of para-hydroxylation sites is 1. The number of nitrogens with zero attached hydrogens (tertiary/aromatic N) is 1. The van der Waals surface area contributed by atoms with E-state index in [0.717, 1.165) is 24.2 Å². The SMILES string of the molecule is CCCCCCCCOc1ccc(C(=O)N/N=C\c2ccccc2OS(=O)(=O)c2ccc(C)cc2)cc1. The fourth-order valence-electron chi connectivity index (χ4n) is 3.53. The molecule has 3 aromatic rings. The number of carbonyl (C=O) groups is 1. The fourth-order valence-corrected chi connectivity index (χ4v) is 4.49. The molecule has 7 nitrogen and oxygen atoms in total. The van der Waals surface area contributed by atoms with Crippen LogP contribution >= 0.6 is 0 Å². The molecule has 0 atom stereocenters. The molecule has 0 aliphatic carbocycles. The Balaban J connectivity index is 1.52. The van der Waals surface area contributed by atoms with Gasteiger partial charge in [0.2, 0.25) is 0 Å². The van der Waals surface area contributed by atoms with Crippen LogP contribution in [0.2, 0.25) is 0 Å². The van der Waals surface area contributed by atoms with Crippen LogP contribution < -0.4 is 14.3 Å².